The Morgan fingerprint density at radius 1 is 1.50 bits per heavy atom. The number of likely N-dealkylation sites (N-methyl/N-ethyl adjacent to an activating group) is 1. The SMILES string of the molecule is COCC(C)N(C)C(C)C(=O)Nc1cc(Cl)ccc1N. The van der Waals surface area contributed by atoms with Crippen molar-refractivity contribution in [2.45, 2.75) is 25.9 Å². The molecule has 0 aliphatic rings. The Balaban J connectivity index is 2.72. The number of ether oxygens (including phenoxy) is 1. The predicted octanol–water partition coefficient (Wildman–Crippen LogP) is 2.22. The number of nitrogens with two attached hydrogens (primary N) is 1. The van der Waals surface area contributed by atoms with Crippen LogP contribution in [0.3, 0.4) is 0 Å². The van der Waals surface area contributed by atoms with Crippen LogP contribution in [0.1, 0.15) is 13.8 Å². The van der Waals surface area contributed by atoms with Gasteiger partial charge in [-0.05, 0) is 39.1 Å². The highest BCUT2D eigenvalue weighted by atomic mass is 35.5. The number of hydrogen-bond acceptors (Lipinski definition) is 4. The number of anilines is 2. The normalized spacial score (nSPS) is 14.1. The van der Waals surface area contributed by atoms with Gasteiger partial charge < -0.3 is 15.8 Å². The number of nitrogens with zero attached hydrogens (tertiary/aromatic N) is 1. The topological polar surface area (TPSA) is 67.6 Å². The van der Waals surface area contributed by atoms with Gasteiger partial charge in [-0.15, -0.1) is 0 Å². The van der Waals surface area contributed by atoms with Crippen LogP contribution >= 0.6 is 11.6 Å². The number of hydrogen-bond donors (Lipinski definition) is 2. The van der Waals surface area contributed by atoms with E-state index < -0.39 is 0 Å². The zero-order chi connectivity index (χ0) is 15.3. The highest BCUT2D eigenvalue weighted by molar-refractivity contribution is 6.31. The summed E-state index contributed by atoms with van der Waals surface area (Å²) in [6.45, 7) is 4.40. The van der Waals surface area contributed by atoms with Gasteiger partial charge in [0.25, 0.3) is 0 Å². The number of nitrogens with one attached hydrogen (secondary N) is 1. The molecule has 1 rings (SSSR count). The molecule has 0 fully saturated rings. The molecule has 2 atom stereocenters. The van der Waals surface area contributed by atoms with Gasteiger partial charge in [-0.1, -0.05) is 11.6 Å². The summed E-state index contributed by atoms with van der Waals surface area (Å²) in [4.78, 5) is 14.2. The second kappa shape index (κ2) is 7.47. The summed E-state index contributed by atoms with van der Waals surface area (Å²) in [7, 11) is 3.52. The minimum atomic E-state index is -0.307. The van der Waals surface area contributed by atoms with E-state index in [1.54, 1.807) is 25.3 Å². The second-order valence-corrected chi connectivity index (χ2v) is 5.30. The highest BCUT2D eigenvalue weighted by Gasteiger charge is 2.22. The number of carbonyl (C=O) groups excluding carboxylic acids is 1. The first kappa shape index (κ1) is 16.8. The van der Waals surface area contributed by atoms with Crippen molar-refractivity contribution in [3.05, 3.63) is 23.2 Å². The minimum absolute atomic E-state index is 0.135. The number of carbonyl (C=O) groups is 1. The lowest BCUT2D eigenvalue weighted by Crippen LogP contribution is -2.45. The van der Waals surface area contributed by atoms with Gasteiger partial charge in [-0.3, -0.25) is 9.69 Å². The van der Waals surface area contributed by atoms with Crippen LogP contribution in [0.15, 0.2) is 18.2 Å². The van der Waals surface area contributed by atoms with Gasteiger partial charge in [-0.25, -0.2) is 0 Å². The van der Waals surface area contributed by atoms with Gasteiger partial charge >= 0.3 is 0 Å². The fourth-order valence-corrected chi connectivity index (χ4v) is 1.97. The van der Waals surface area contributed by atoms with E-state index in [1.165, 1.54) is 0 Å². The summed E-state index contributed by atoms with van der Waals surface area (Å²) in [5.74, 6) is -0.135. The molecule has 0 aliphatic heterocycles. The molecule has 6 heteroatoms. The maximum absolute atomic E-state index is 12.2. The molecule has 0 bridgehead atoms. The van der Waals surface area contributed by atoms with Crippen LogP contribution in [0, 0.1) is 0 Å². The molecule has 0 saturated carbocycles. The third-order valence-electron chi connectivity index (χ3n) is 3.37. The number of methoxy groups -OCH3 is 1. The molecule has 1 aromatic rings. The summed E-state index contributed by atoms with van der Waals surface area (Å²) in [5.41, 5.74) is 6.83. The molecule has 0 radical (unpaired) electrons. The van der Waals surface area contributed by atoms with Crippen molar-refractivity contribution in [1.29, 1.82) is 0 Å². The third kappa shape index (κ3) is 4.37. The lowest BCUT2D eigenvalue weighted by atomic mass is 10.2. The molecule has 2 unspecified atom stereocenters. The maximum Gasteiger partial charge on any atom is 0.241 e. The van der Waals surface area contributed by atoms with E-state index in [0.29, 0.717) is 23.0 Å². The van der Waals surface area contributed by atoms with Crippen molar-refractivity contribution < 1.29 is 9.53 Å². The Hall–Kier alpha value is -1.30. The van der Waals surface area contributed by atoms with Crippen LogP contribution in [0.2, 0.25) is 5.02 Å². The van der Waals surface area contributed by atoms with Gasteiger partial charge in [0.15, 0.2) is 0 Å². The molecule has 20 heavy (non-hydrogen) atoms. The Bertz CT molecular complexity index is 468. The van der Waals surface area contributed by atoms with E-state index in [2.05, 4.69) is 5.32 Å². The van der Waals surface area contributed by atoms with Crippen molar-refractivity contribution >= 4 is 28.9 Å². The van der Waals surface area contributed by atoms with Gasteiger partial charge in [0.05, 0.1) is 24.0 Å². The maximum atomic E-state index is 12.2. The number of halogens is 1. The van der Waals surface area contributed by atoms with Gasteiger partial charge in [0, 0.05) is 18.2 Å². The lowest BCUT2D eigenvalue weighted by Gasteiger charge is -2.29. The monoisotopic (exact) mass is 299 g/mol. The highest BCUT2D eigenvalue weighted by Crippen LogP contribution is 2.23. The van der Waals surface area contributed by atoms with E-state index >= 15 is 0 Å². The summed E-state index contributed by atoms with van der Waals surface area (Å²) >= 11 is 5.90. The van der Waals surface area contributed by atoms with Gasteiger partial charge in [0.1, 0.15) is 0 Å². The van der Waals surface area contributed by atoms with Crippen LogP contribution in [-0.2, 0) is 9.53 Å². The summed E-state index contributed by atoms with van der Waals surface area (Å²) in [6, 6.07) is 4.82. The van der Waals surface area contributed by atoms with E-state index in [9.17, 15) is 4.79 Å². The van der Waals surface area contributed by atoms with Crippen LogP contribution < -0.4 is 11.1 Å². The fourth-order valence-electron chi connectivity index (χ4n) is 1.80. The second-order valence-electron chi connectivity index (χ2n) is 4.87. The number of nitrogen functional groups attached to an aromatic ring is 1. The minimum Gasteiger partial charge on any atom is -0.397 e. The molecule has 3 N–H and O–H groups in total. The van der Waals surface area contributed by atoms with Crippen LogP contribution in [0.4, 0.5) is 11.4 Å². The molecule has 112 valence electrons. The van der Waals surface area contributed by atoms with Gasteiger partial charge in [0.2, 0.25) is 5.91 Å². The molecular formula is C14H22ClN3O2. The van der Waals surface area contributed by atoms with Crippen molar-refractivity contribution in [3.8, 4) is 0 Å². The van der Waals surface area contributed by atoms with Crippen molar-refractivity contribution in [1.82, 2.24) is 4.90 Å². The van der Waals surface area contributed by atoms with Crippen LogP contribution in [0.5, 0.6) is 0 Å². The van der Waals surface area contributed by atoms with Crippen LogP contribution in [0.25, 0.3) is 0 Å². The molecule has 5 nitrogen and oxygen atoms in total. The van der Waals surface area contributed by atoms with Crippen molar-refractivity contribution in [2.24, 2.45) is 0 Å². The fraction of sp³-hybridized carbons (Fsp3) is 0.500. The zero-order valence-electron chi connectivity index (χ0n) is 12.3. The zero-order valence-corrected chi connectivity index (χ0v) is 13.1. The third-order valence-corrected chi connectivity index (χ3v) is 3.60. The summed E-state index contributed by atoms with van der Waals surface area (Å²) < 4.78 is 5.10. The smallest absolute Gasteiger partial charge is 0.241 e. The Kier molecular flexibility index (Phi) is 6.26. The number of benzene rings is 1. The van der Waals surface area contributed by atoms with Gasteiger partial charge in [-0.2, -0.15) is 0 Å². The average molecular weight is 300 g/mol. The summed E-state index contributed by atoms with van der Waals surface area (Å²) in [5, 5.41) is 3.33. The molecule has 0 aliphatic carbocycles. The van der Waals surface area contributed by atoms with Crippen molar-refractivity contribution in [2.75, 3.05) is 31.8 Å². The predicted molar refractivity (Wildman–Crippen MR) is 83.1 cm³/mol. The first-order chi connectivity index (χ1) is 9.36. The molecule has 0 heterocycles. The Labute approximate surface area is 125 Å². The van der Waals surface area contributed by atoms with Crippen LogP contribution in [-0.4, -0.2) is 43.7 Å². The van der Waals surface area contributed by atoms with E-state index in [0.717, 1.165) is 0 Å². The number of amides is 1. The standard InChI is InChI=1S/C14H22ClN3O2/c1-9(8-20-4)18(3)10(2)14(19)17-13-7-11(15)5-6-12(13)16/h5-7,9-10H,8,16H2,1-4H3,(H,17,19). The molecule has 1 amide bonds. The molecule has 0 aromatic heterocycles. The lowest BCUT2D eigenvalue weighted by molar-refractivity contribution is -0.121. The molecule has 0 saturated heterocycles. The van der Waals surface area contributed by atoms with Crippen molar-refractivity contribution in [3.63, 3.8) is 0 Å². The molecule has 1 aromatic carbocycles. The Morgan fingerprint density at radius 2 is 2.15 bits per heavy atom. The largest absolute Gasteiger partial charge is 0.397 e. The quantitative estimate of drug-likeness (QED) is 0.790. The van der Waals surface area contributed by atoms with E-state index in [1.807, 2.05) is 25.8 Å². The first-order valence-electron chi connectivity index (χ1n) is 6.43. The molecule has 0 spiro atoms. The average Bonchev–Trinajstić information content (AvgIpc) is 2.41. The number of rotatable bonds is 6. The molecular weight excluding hydrogens is 278 g/mol. The Morgan fingerprint density at radius 3 is 2.75 bits per heavy atom. The first-order valence-corrected chi connectivity index (χ1v) is 6.81. The van der Waals surface area contributed by atoms with E-state index in [4.69, 9.17) is 22.1 Å². The van der Waals surface area contributed by atoms with E-state index in [-0.39, 0.29) is 18.0 Å². The summed E-state index contributed by atoms with van der Waals surface area (Å²) in [6.07, 6.45) is 0.